The monoisotopic (exact) mass is 437 g/mol. The van der Waals surface area contributed by atoms with Crippen molar-refractivity contribution < 1.29 is 17.9 Å². The molecule has 0 radical (unpaired) electrons. The van der Waals surface area contributed by atoms with Crippen LogP contribution >= 0.6 is 0 Å². The van der Waals surface area contributed by atoms with Crippen LogP contribution in [-0.4, -0.2) is 32.0 Å². The summed E-state index contributed by atoms with van der Waals surface area (Å²) in [6.45, 7) is 0.557. The summed E-state index contributed by atoms with van der Waals surface area (Å²) in [7, 11) is -2.39. The van der Waals surface area contributed by atoms with Gasteiger partial charge in [0.05, 0.1) is 7.11 Å². The van der Waals surface area contributed by atoms with Crippen molar-refractivity contribution in [3.8, 4) is 5.75 Å². The number of nitrogens with one attached hydrogen (secondary N) is 1. The molecule has 1 N–H and O–H groups in total. The Morgan fingerprint density at radius 3 is 2.55 bits per heavy atom. The van der Waals surface area contributed by atoms with E-state index in [0.29, 0.717) is 12.0 Å². The zero-order chi connectivity index (χ0) is 21.8. The molecular formula is C23H23N3O4S. The summed E-state index contributed by atoms with van der Waals surface area (Å²) in [6.07, 6.45) is 3.47. The summed E-state index contributed by atoms with van der Waals surface area (Å²) in [5, 5.41) is 0. The second-order valence-electron chi connectivity index (χ2n) is 7.35. The van der Waals surface area contributed by atoms with Gasteiger partial charge in [0, 0.05) is 24.3 Å². The number of rotatable bonds is 7. The fourth-order valence-corrected chi connectivity index (χ4v) is 4.65. The number of hydrogen-bond acceptors (Lipinski definition) is 4. The minimum atomic E-state index is -3.79. The van der Waals surface area contributed by atoms with Crippen LogP contribution < -0.4 is 14.9 Å². The van der Waals surface area contributed by atoms with E-state index in [0.717, 1.165) is 18.4 Å². The lowest BCUT2D eigenvalue weighted by Gasteiger charge is -2.11. The number of carbonyl (C=O) groups excluding carboxylic acids is 1. The number of amides is 1. The van der Waals surface area contributed by atoms with Crippen molar-refractivity contribution in [1.29, 1.82) is 0 Å². The van der Waals surface area contributed by atoms with Crippen molar-refractivity contribution >= 4 is 15.9 Å². The highest BCUT2D eigenvalue weighted by Crippen LogP contribution is 2.28. The van der Waals surface area contributed by atoms with E-state index in [1.165, 1.54) is 25.3 Å². The molecule has 0 bridgehead atoms. The molecule has 1 amide bonds. The Morgan fingerprint density at radius 1 is 1.10 bits per heavy atom. The number of pyridine rings is 1. The fraction of sp³-hybridized carbons (Fsp3) is 0.217. The van der Waals surface area contributed by atoms with Crippen molar-refractivity contribution in [1.82, 2.24) is 9.29 Å². The van der Waals surface area contributed by atoms with E-state index in [-0.39, 0.29) is 22.3 Å². The van der Waals surface area contributed by atoms with Crippen molar-refractivity contribution in [3.63, 3.8) is 0 Å². The van der Waals surface area contributed by atoms with Gasteiger partial charge in [-0.05, 0) is 48.7 Å². The number of hydrogen-bond donors (Lipinski definition) is 1. The summed E-state index contributed by atoms with van der Waals surface area (Å²) in [5.41, 5.74) is 1.73. The normalized spacial score (nSPS) is 14.4. The Bertz CT molecular complexity index is 1260. The van der Waals surface area contributed by atoms with Crippen LogP contribution in [0, 0.1) is 0 Å². The van der Waals surface area contributed by atoms with Gasteiger partial charge in [0.1, 0.15) is 16.1 Å². The van der Waals surface area contributed by atoms with E-state index < -0.39 is 15.9 Å². The van der Waals surface area contributed by atoms with Crippen LogP contribution in [0.4, 0.5) is 0 Å². The molecule has 1 aromatic heterocycles. The SMILES string of the molecule is COc1ccc(C(=O)N=c2ccccn2Cc2ccccc2)cc1S(=O)(=O)NC1CC1. The molecule has 0 unspecified atom stereocenters. The molecule has 1 fully saturated rings. The maximum Gasteiger partial charge on any atom is 0.278 e. The van der Waals surface area contributed by atoms with E-state index in [1.807, 2.05) is 47.2 Å². The highest BCUT2D eigenvalue weighted by atomic mass is 32.2. The first-order valence-corrected chi connectivity index (χ1v) is 11.4. The Hall–Kier alpha value is -3.23. The average molecular weight is 438 g/mol. The van der Waals surface area contributed by atoms with Gasteiger partial charge in [-0.25, -0.2) is 13.1 Å². The zero-order valence-corrected chi connectivity index (χ0v) is 17.9. The Morgan fingerprint density at radius 2 is 1.84 bits per heavy atom. The van der Waals surface area contributed by atoms with Gasteiger partial charge in [-0.3, -0.25) is 4.79 Å². The van der Waals surface area contributed by atoms with Gasteiger partial charge in [-0.1, -0.05) is 36.4 Å². The first kappa shape index (κ1) is 21.0. The van der Waals surface area contributed by atoms with Gasteiger partial charge in [-0.2, -0.15) is 4.99 Å². The van der Waals surface area contributed by atoms with Crippen molar-refractivity contribution in [2.24, 2.45) is 4.99 Å². The first-order valence-electron chi connectivity index (χ1n) is 9.95. The third-order valence-electron chi connectivity index (χ3n) is 4.93. The molecule has 1 aliphatic carbocycles. The van der Waals surface area contributed by atoms with Crippen LogP contribution in [0.3, 0.4) is 0 Å². The molecule has 0 aliphatic heterocycles. The summed E-state index contributed by atoms with van der Waals surface area (Å²) >= 11 is 0. The molecule has 0 atom stereocenters. The van der Waals surface area contributed by atoms with Gasteiger partial charge in [-0.15, -0.1) is 0 Å². The summed E-state index contributed by atoms with van der Waals surface area (Å²) in [6, 6.07) is 19.5. The van der Waals surface area contributed by atoms with Crippen molar-refractivity contribution in [3.05, 3.63) is 89.5 Å². The van der Waals surface area contributed by atoms with Crippen LogP contribution in [0.15, 0.2) is 82.8 Å². The molecule has 3 aromatic rings. The quantitative estimate of drug-likeness (QED) is 0.615. The van der Waals surface area contributed by atoms with Crippen LogP contribution in [0.1, 0.15) is 28.8 Å². The van der Waals surface area contributed by atoms with Crippen molar-refractivity contribution in [2.75, 3.05) is 7.11 Å². The fourth-order valence-electron chi connectivity index (χ4n) is 3.16. The third-order valence-corrected chi connectivity index (χ3v) is 6.47. The van der Waals surface area contributed by atoms with Gasteiger partial charge < -0.3 is 9.30 Å². The molecule has 0 spiro atoms. The van der Waals surface area contributed by atoms with Gasteiger partial charge in [0.15, 0.2) is 0 Å². The average Bonchev–Trinajstić information content (AvgIpc) is 3.58. The van der Waals surface area contributed by atoms with E-state index in [9.17, 15) is 13.2 Å². The van der Waals surface area contributed by atoms with Crippen LogP contribution in [0.25, 0.3) is 0 Å². The molecule has 160 valence electrons. The van der Waals surface area contributed by atoms with Gasteiger partial charge >= 0.3 is 0 Å². The number of benzene rings is 2. The molecule has 31 heavy (non-hydrogen) atoms. The first-order chi connectivity index (χ1) is 15.0. The lowest BCUT2D eigenvalue weighted by atomic mass is 10.2. The van der Waals surface area contributed by atoms with Crippen LogP contribution in [0.2, 0.25) is 0 Å². The standard InChI is InChI=1S/C23H23N3O4S/c1-30-20-13-10-18(15-21(20)31(28,29)25-19-11-12-19)23(27)24-22-9-5-6-14-26(22)16-17-7-3-2-4-8-17/h2-10,13-15,19,25H,11-12,16H2,1H3. The smallest absolute Gasteiger partial charge is 0.278 e. The molecule has 1 aliphatic rings. The second kappa shape index (κ2) is 8.87. The summed E-state index contributed by atoms with van der Waals surface area (Å²) in [5.74, 6) is -0.345. The number of ether oxygens (including phenoxy) is 1. The van der Waals surface area contributed by atoms with Gasteiger partial charge in [0.25, 0.3) is 5.91 Å². The lowest BCUT2D eigenvalue weighted by Crippen LogP contribution is -2.26. The molecule has 7 nitrogen and oxygen atoms in total. The Kier molecular flexibility index (Phi) is 6.01. The molecule has 2 aromatic carbocycles. The maximum absolute atomic E-state index is 12.9. The minimum absolute atomic E-state index is 0.0555. The van der Waals surface area contributed by atoms with Crippen LogP contribution in [0.5, 0.6) is 5.75 Å². The number of aromatic nitrogens is 1. The lowest BCUT2D eigenvalue weighted by molar-refractivity contribution is 0.0997. The van der Waals surface area contributed by atoms with E-state index in [2.05, 4.69) is 9.71 Å². The topological polar surface area (TPSA) is 89.8 Å². The minimum Gasteiger partial charge on any atom is -0.495 e. The number of sulfonamides is 1. The predicted molar refractivity (Wildman–Crippen MR) is 116 cm³/mol. The highest BCUT2D eigenvalue weighted by Gasteiger charge is 2.30. The molecule has 1 heterocycles. The predicted octanol–water partition coefficient (Wildman–Crippen LogP) is 2.73. The molecule has 0 saturated heterocycles. The Labute approximate surface area is 181 Å². The zero-order valence-electron chi connectivity index (χ0n) is 17.1. The molecular weight excluding hydrogens is 414 g/mol. The highest BCUT2D eigenvalue weighted by molar-refractivity contribution is 7.89. The van der Waals surface area contributed by atoms with Crippen molar-refractivity contribution in [2.45, 2.75) is 30.3 Å². The number of carbonyl (C=O) groups is 1. The van der Waals surface area contributed by atoms with Gasteiger partial charge in [0.2, 0.25) is 10.0 Å². The largest absolute Gasteiger partial charge is 0.495 e. The molecule has 8 heteroatoms. The summed E-state index contributed by atoms with van der Waals surface area (Å²) in [4.78, 5) is 17.1. The molecule has 4 rings (SSSR count). The van der Waals surface area contributed by atoms with E-state index in [4.69, 9.17) is 4.74 Å². The van der Waals surface area contributed by atoms with E-state index in [1.54, 1.807) is 12.1 Å². The molecule has 1 saturated carbocycles. The number of methoxy groups -OCH3 is 1. The van der Waals surface area contributed by atoms with Crippen LogP contribution in [-0.2, 0) is 16.6 Å². The summed E-state index contributed by atoms with van der Waals surface area (Å²) < 4.78 is 35.1. The second-order valence-corrected chi connectivity index (χ2v) is 9.03. The number of nitrogens with zero attached hydrogens (tertiary/aromatic N) is 2. The maximum atomic E-state index is 12.9. The third kappa shape index (κ3) is 5.10. The van der Waals surface area contributed by atoms with E-state index >= 15 is 0 Å². The Balaban J connectivity index is 1.68.